The van der Waals surface area contributed by atoms with E-state index in [-0.39, 0.29) is 12.5 Å². The number of aliphatic hydroxyl groups is 1. The molecule has 3 unspecified atom stereocenters. The maximum atomic E-state index is 12.9. The zero-order chi connectivity index (χ0) is 47.8. The third-order valence-corrected chi connectivity index (χ3v) is 12.0. The van der Waals surface area contributed by atoms with E-state index in [1.165, 1.54) is 77.0 Å². The molecule has 0 aromatic rings. The molecule has 0 aliphatic heterocycles. The van der Waals surface area contributed by atoms with Crippen LogP contribution in [0.25, 0.3) is 0 Å². The van der Waals surface area contributed by atoms with Crippen molar-refractivity contribution in [1.82, 2.24) is 5.32 Å². The Bertz CT molecular complexity index is 1370. The van der Waals surface area contributed by atoms with Crippen LogP contribution in [0.4, 0.5) is 0 Å². The van der Waals surface area contributed by atoms with Gasteiger partial charge in [-0.25, -0.2) is 0 Å². The van der Waals surface area contributed by atoms with Crippen molar-refractivity contribution < 1.29 is 32.9 Å². The summed E-state index contributed by atoms with van der Waals surface area (Å²) >= 11 is 0. The number of amides is 1. The SMILES string of the molecule is CC/C=C\C/C=C\C/C=C\C/C=C\C/C=C\C/C=C\CCCCCCCCC(=O)NC(COP(=O)([O-])OCC[N+](C)(C)C)C(O)/C=C/CC/C=C/CCCCCCCCCCCCCC. The minimum atomic E-state index is -4.61. The number of allylic oxidation sites excluding steroid dienone is 15. The van der Waals surface area contributed by atoms with Crippen LogP contribution in [0.3, 0.4) is 0 Å². The number of hydrogen-bond donors (Lipinski definition) is 2. The molecule has 8 nitrogen and oxygen atoms in total. The Hall–Kier alpha value is -2.58. The Morgan fingerprint density at radius 1 is 0.554 bits per heavy atom. The third kappa shape index (κ3) is 49.2. The predicted octanol–water partition coefficient (Wildman–Crippen LogP) is 14.8. The lowest BCUT2D eigenvalue weighted by molar-refractivity contribution is -0.870. The average molecular weight is 927 g/mol. The first-order valence-corrected chi connectivity index (χ1v) is 27.6. The Balaban J connectivity index is 4.40. The molecule has 0 aliphatic carbocycles. The minimum absolute atomic E-state index is 0.0148. The summed E-state index contributed by atoms with van der Waals surface area (Å²) in [7, 11) is 1.22. The van der Waals surface area contributed by atoms with E-state index in [1.54, 1.807) is 6.08 Å². The molecule has 3 atom stereocenters. The second kappa shape index (κ2) is 46.5. The van der Waals surface area contributed by atoms with Gasteiger partial charge >= 0.3 is 0 Å². The lowest BCUT2D eigenvalue weighted by atomic mass is 10.0. The largest absolute Gasteiger partial charge is 0.756 e. The maximum Gasteiger partial charge on any atom is 0.268 e. The fraction of sp³-hybridized carbons (Fsp3) is 0.696. The summed E-state index contributed by atoms with van der Waals surface area (Å²) in [6, 6.07) is -0.918. The van der Waals surface area contributed by atoms with Gasteiger partial charge < -0.3 is 28.8 Å². The van der Waals surface area contributed by atoms with E-state index in [0.717, 1.165) is 103 Å². The van der Waals surface area contributed by atoms with Gasteiger partial charge in [-0.05, 0) is 83.5 Å². The molecule has 0 aromatic carbocycles. The fourth-order valence-corrected chi connectivity index (χ4v) is 7.66. The number of rotatable bonds is 46. The van der Waals surface area contributed by atoms with Crippen LogP contribution in [0.5, 0.6) is 0 Å². The molecule has 0 aromatic heterocycles. The third-order valence-electron chi connectivity index (χ3n) is 11.0. The number of nitrogens with zero attached hydrogens (tertiary/aromatic N) is 1. The molecular weight excluding hydrogens is 828 g/mol. The maximum absolute atomic E-state index is 12.9. The van der Waals surface area contributed by atoms with Gasteiger partial charge in [-0.3, -0.25) is 9.36 Å². The number of aliphatic hydroxyl groups excluding tert-OH is 1. The molecule has 0 heterocycles. The lowest BCUT2D eigenvalue weighted by Gasteiger charge is -2.29. The molecule has 0 saturated heterocycles. The highest BCUT2D eigenvalue weighted by atomic mass is 31.2. The van der Waals surface area contributed by atoms with Crippen molar-refractivity contribution in [2.75, 3.05) is 40.9 Å². The first-order valence-electron chi connectivity index (χ1n) is 26.1. The molecule has 0 bridgehead atoms. The van der Waals surface area contributed by atoms with Crippen LogP contribution in [0.2, 0.25) is 0 Å². The quantitative estimate of drug-likeness (QED) is 0.0272. The summed E-state index contributed by atoms with van der Waals surface area (Å²) in [4.78, 5) is 25.4. The Kier molecular flexibility index (Phi) is 44.7. The summed E-state index contributed by atoms with van der Waals surface area (Å²) < 4.78 is 23.3. The average Bonchev–Trinajstić information content (AvgIpc) is 3.26. The zero-order valence-electron chi connectivity index (χ0n) is 42.4. The van der Waals surface area contributed by atoms with Crippen LogP contribution in [-0.2, 0) is 18.4 Å². The highest BCUT2D eigenvalue weighted by Crippen LogP contribution is 2.38. The van der Waals surface area contributed by atoms with E-state index < -0.39 is 26.6 Å². The molecule has 374 valence electrons. The van der Waals surface area contributed by atoms with E-state index in [4.69, 9.17) is 9.05 Å². The lowest BCUT2D eigenvalue weighted by Crippen LogP contribution is -2.45. The summed E-state index contributed by atoms with van der Waals surface area (Å²) in [5.74, 6) is -0.226. The molecule has 0 fully saturated rings. The predicted molar refractivity (Wildman–Crippen MR) is 279 cm³/mol. The highest BCUT2D eigenvalue weighted by Gasteiger charge is 2.23. The van der Waals surface area contributed by atoms with Crippen LogP contribution in [0, 0.1) is 0 Å². The summed E-state index contributed by atoms with van der Waals surface area (Å²) in [6.07, 6.45) is 66.1. The number of likely N-dealkylation sites (N-methyl/N-ethyl adjacent to an activating group) is 1. The normalized spacial score (nSPS) is 14.9. The number of phosphoric acid groups is 1. The molecule has 0 radical (unpaired) electrons. The van der Waals surface area contributed by atoms with Gasteiger partial charge in [-0.2, -0.15) is 0 Å². The molecule has 1 amide bonds. The van der Waals surface area contributed by atoms with Crippen molar-refractivity contribution in [1.29, 1.82) is 0 Å². The number of nitrogens with one attached hydrogen (secondary N) is 1. The van der Waals surface area contributed by atoms with Crippen LogP contribution < -0.4 is 10.2 Å². The number of hydrogen-bond acceptors (Lipinski definition) is 6. The molecule has 0 rings (SSSR count). The van der Waals surface area contributed by atoms with Crippen molar-refractivity contribution in [3.05, 3.63) is 97.2 Å². The molecule has 9 heteroatoms. The Labute approximate surface area is 400 Å². The van der Waals surface area contributed by atoms with Gasteiger partial charge in [0.1, 0.15) is 13.2 Å². The Morgan fingerprint density at radius 2 is 0.954 bits per heavy atom. The van der Waals surface area contributed by atoms with Gasteiger partial charge in [-0.1, -0.05) is 207 Å². The smallest absolute Gasteiger partial charge is 0.268 e. The Morgan fingerprint density at radius 3 is 1.43 bits per heavy atom. The molecule has 0 spiro atoms. The molecular formula is C56H99N2O6P. The number of carbonyl (C=O) groups is 1. The topological polar surface area (TPSA) is 108 Å². The second-order valence-electron chi connectivity index (χ2n) is 18.5. The van der Waals surface area contributed by atoms with E-state index in [1.807, 2.05) is 27.2 Å². The number of quaternary nitrogens is 1. The molecule has 0 aliphatic rings. The van der Waals surface area contributed by atoms with Gasteiger partial charge in [0, 0.05) is 6.42 Å². The van der Waals surface area contributed by atoms with Gasteiger partial charge in [0.05, 0.1) is 39.9 Å². The van der Waals surface area contributed by atoms with Crippen LogP contribution in [0.15, 0.2) is 97.2 Å². The van der Waals surface area contributed by atoms with Gasteiger partial charge in [0.25, 0.3) is 7.82 Å². The summed E-state index contributed by atoms with van der Waals surface area (Å²) in [5.41, 5.74) is 0. The number of carbonyl (C=O) groups excluding carboxylic acids is 1. The molecule has 0 saturated carbocycles. The van der Waals surface area contributed by atoms with E-state index in [2.05, 4.69) is 104 Å². The van der Waals surface area contributed by atoms with Gasteiger partial charge in [0.15, 0.2) is 0 Å². The van der Waals surface area contributed by atoms with Crippen molar-refractivity contribution in [3.8, 4) is 0 Å². The van der Waals surface area contributed by atoms with Crippen molar-refractivity contribution in [3.63, 3.8) is 0 Å². The standard InChI is InChI=1S/C56H99N2O6P/c1-6-8-10-12-14-16-18-20-22-24-26-27-28-29-30-31-32-34-36-38-40-42-44-46-48-50-56(60)57-54(53-64-65(61,62)63-52-51-58(3,4)5)55(59)49-47-45-43-41-39-37-35-33-25-23-21-19-17-15-13-11-9-7-2/h8,10,14,16,20,22,26-27,29-30,32,34,39,41,47,49,54-55,59H,6-7,9,11-13,15,17-19,21,23-25,28,31,33,35-38,40,42-46,48,50-53H2,1-5H3,(H-,57,60,61,62)/b10-8-,16-14-,22-20-,27-26-,30-29-,34-32-,41-39+,49-47+. The van der Waals surface area contributed by atoms with Crippen molar-refractivity contribution in [2.24, 2.45) is 0 Å². The second-order valence-corrected chi connectivity index (χ2v) is 19.9. The highest BCUT2D eigenvalue weighted by molar-refractivity contribution is 7.45. The zero-order valence-corrected chi connectivity index (χ0v) is 43.3. The number of unbranched alkanes of at least 4 members (excludes halogenated alkanes) is 19. The van der Waals surface area contributed by atoms with E-state index >= 15 is 0 Å². The van der Waals surface area contributed by atoms with E-state index in [0.29, 0.717) is 17.4 Å². The summed E-state index contributed by atoms with van der Waals surface area (Å²) in [5, 5.41) is 13.8. The fourth-order valence-electron chi connectivity index (χ4n) is 6.94. The number of phosphoric ester groups is 1. The monoisotopic (exact) mass is 927 g/mol. The van der Waals surface area contributed by atoms with Gasteiger partial charge in [0.2, 0.25) is 5.91 Å². The first kappa shape index (κ1) is 62.4. The molecule has 2 N–H and O–H groups in total. The van der Waals surface area contributed by atoms with Crippen LogP contribution in [0.1, 0.15) is 200 Å². The van der Waals surface area contributed by atoms with Crippen LogP contribution in [-0.4, -0.2) is 68.5 Å². The molecule has 65 heavy (non-hydrogen) atoms. The van der Waals surface area contributed by atoms with E-state index in [9.17, 15) is 19.4 Å². The van der Waals surface area contributed by atoms with Crippen LogP contribution >= 0.6 is 7.82 Å². The van der Waals surface area contributed by atoms with Crippen molar-refractivity contribution >= 4 is 13.7 Å². The summed E-state index contributed by atoms with van der Waals surface area (Å²) in [6.45, 7) is 4.49. The van der Waals surface area contributed by atoms with Crippen molar-refractivity contribution in [2.45, 2.75) is 212 Å². The minimum Gasteiger partial charge on any atom is -0.756 e. The van der Waals surface area contributed by atoms with Gasteiger partial charge in [-0.15, -0.1) is 0 Å². The first-order chi connectivity index (χ1) is 31.5.